The van der Waals surface area contributed by atoms with Crippen molar-refractivity contribution in [2.45, 2.75) is 45.2 Å². The summed E-state index contributed by atoms with van der Waals surface area (Å²) in [6.07, 6.45) is 7.06. The van der Waals surface area contributed by atoms with E-state index in [-0.39, 0.29) is 5.97 Å². The fourth-order valence-electron chi connectivity index (χ4n) is 2.10. The molecule has 0 spiro atoms. The van der Waals surface area contributed by atoms with Crippen molar-refractivity contribution < 1.29 is 9.53 Å². The van der Waals surface area contributed by atoms with Gasteiger partial charge in [-0.15, -0.1) is 0 Å². The van der Waals surface area contributed by atoms with E-state index in [2.05, 4.69) is 15.0 Å². The molecular formula is C14H22N6O2. The molecule has 22 heavy (non-hydrogen) atoms. The van der Waals surface area contributed by atoms with Crippen molar-refractivity contribution in [3.63, 3.8) is 0 Å². The minimum Gasteiger partial charge on any atom is -0.465 e. The van der Waals surface area contributed by atoms with Gasteiger partial charge in [0.15, 0.2) is 11.5 Å². The van der Waals surface area contributed by atoms with Gasteiger partial charge < -0.3 is 20.8 Å². The average molecular weight is 306 g/mol. The molecule has 0 radical (unpaired) electrons. The van der Waals surface area contributed by atoms with E-state index in [0.717, 1.165) is 37.9 Å². The van der Waals surface area contributed by atoms with Crippen LogP contribution in [0.3, 0.4) is 0 Å². The summed E-state index contributed by atoms with van der Waals surface area (Å²) in [7, 11) is 0. The van der Waals surface area contributed by atoms with Crippen molar-refractivity contribution in [3.8, 4) is 0 Å². The summed E-state index contributed by atoms with van der Waals surface area (Å²) in [5.74, 6) is 0.0573. The van der Waals surface area contributed by atoms with Crippen LogP contribution in [0.15, 0.2) is 12.7 Å². The number of unbranched alkanes of at least 4 members (excludes halogenated alkanes) is 3. The van der Waals surface area contributed by atoms with E-state index in [9.17, 15) is 4.79 Å². The molecule has 0 unspecified atom stereocenters. The molecule has 2 heterocycles. The Kier molecular flexibility index (Phi) is 5.65. The number of nitrogen functional groups attached to an aromatic ring is 1. The van der Waals surface area contributed by atoms with Crippen LogP contribution < -0.4 is 11.5 Å². The van der Waals surface area contributed by atoms with Crippen LogP contribution in [0.4, 0.5) is 5.82 Å². The Morgan fingerprint density at radius 2 is 2.05 bits per heavy atom. The largest absolute Gasteiger partial charge is 0.465 e. The van der Waals surface area contributed by atoms with Gasteiger partial charge in [-0.25, -0.2) is 15.0 Å². The van der Waals surface area contributed by atoms with Crippen LogP contribution in [-0.4, -0.2) is 38.1 Å². The fourth-order valence-corrected chi connectivity index (χ4v) is 2.10. The molecule has 0 aliphatic carbocycles. The predicted molar refractivity (Wildman–Crippen MR) is 82.8 cm³/mol. The number of fused-ring (bicyclic) bond motifs is 1. The van der Waals surface area contributed by atoms with Crippen molar-refractivity contribution in [3.05, 3.63) is 12.7 Å². The Hall–Kier alpha value is -2.22. The Labute approximate surface area is 128 Å². The summed E-state index contributed by atoms with van der Waals surface area (Å²) < 4.78 is 6.99. The monoisotopic (exact) mass is 306 g/mol. The lowest BCUT2D eigenvalue weighted by atomic mass is 10.2. The molecule has 8 nitrogen and oxygen atoms in total. The summed E-state index contributed by atoms with van der Waals surface area (Å²) in [5, 5.41) is 0. The Morgan fingerprint density at radius 3 is 2.82 bits per heavy atom. The maximum atomic E-state index is 11.2. The van der Waals surface area contributed by atoms with Crippen LogP contribution in [0.2, 0.25) is 0 Å². The highest BCUT2D eigenvalue weighted by Crippen LogP contribution is 2.15. The van der Waals surface area contributed by atoms with Crippen LogP contribution in [-0.2, 0) is 16.1 Å². The Bertz CT molecular complexity index is 625. The third-order valence-electron chi connectivity index (χ3n) is 3.34. The van der Waals surface area contributed by atoms with Gasteiger partial charge in [-0.05, 0) is 26.2 Å². The Morgan fingerprint density at radius 1 is 1.27 bits per heavy atom. The van der Waals surface area contributed by atoms with E-state index < -0.39 is 6.04 Å². The number of rotatable bonds is 8. The molecule has 0 saturated carbocycles. The summed E-state index contributed by atoms with van der Waals surface area (Å²) in [5.41, 5.74) is 12.6. The number of aromatic nitrogens is 4. The zero-order valence-corrected chi connectivity index (χ0v) is 12.7. The van der Waals surface area contributed by atoms with Gasteiger partial charge in [0.05, 0.1) is 12.9 Å². The summed E-state index contributed by atoms with van der Waals surface area (Å²) in [6, 6.07) is -0.552. The first kappa shape index (κ1) is 16.2. The first-order valence-electron chi connectivity index (χ1n) is 7.43. The molecule has 0 fully saturated rings. The number of anilines is 1. The van der Waals surface area contributed by atoms with Crippen LogP contribution in [0.1, 0.15) is 32.6 Å². The van der Waals surface area contributed by atoms with Crippen molar-refractivity contribution in [1.82, 2.24) is 19.5 Å². The zero-order chi connectivity index (χ0) is 15.9. The van der Waals surface area contributed by atoms with Crippen LogP contribution >= 0.6 is 0 Å². The quantitative estimate of drug-likeness (QED) is 0.547. The van der Waals surface area contributed by atoms with E-state index in [4.69, 9.17) is 16.2 Å². The number of nitrogens with zero attached hydrogens (tertiary/aromatic N) is 4. The normalized spacial score (nSPS) is 12.5. The van der Waals surface area contributed by atoms with Crippen molar-refractivity contribution in [2.75, 3.05) is 12.3 Å². The fraction of sp³-hybridized carbons (Fsp3) is 0.571. The lowest BCUT2D eigenvalue weighted by Gasteiger charge is -2.07. The van der Waals surface area contributed by atoms with Gasteiger partial charge in [-0.1, -0.05) is 6.42 Å². The number of hydrogen-bond donors (Lipinski definition) is 2. The van der Waals surface area contributed by atoms with E-state index in [1.54, 1.807) is 13.3 Å². The van der Waals surface area contributed by atoms with E-state index in [1.807, 2.05) is 4.57 Å². The molecule has 1 atom stereocenters. The molecule has 0 aliphatic rings. The molecular weight excluding hydrogens is 284 g/mol. The average Bonchev–Trinajstić information content (AvgIpc) is 2.90. The van der Waals surface area contributed by atoms with E-state index in [1.165, 1.54) is 6.33 Å². The van der Waals surface area contributed by atoms with Gasteiger partial charge in [-0.3, -0.25) is 4.79 Å². The minimum atomic E-state index is -0.552. The highest BCUT2D eigenvalue weighted by molar-refractivity contribution is 5.81. The highest BCUT2D eigenvalue weighted by Gasteiger charge is 2.08. The van der Waals surface area contributed by atoms with Gasteiger partial charge in [0.1, 0.15) is 17.9 Å². The molecule has 2 rings (SSSR count). The predicted octanol–water partition coefficient (Wildman–Crippen LogP) is 0.859. The number of imidazole rings is 1. The van der Waals surface area contributed by atoms with Crippen LogP contribution in [0, 0.1) is 0 Å². The summed E-state index contributed by atoms with van der Waals surface area (Å²) in [6.45, 7) is 2.87. The third-order valence-corrected chi connectivity index (χ3v) is 3.34. The molecule has 0 saturated heterocycles. The lowest BCUT2D eigenvalue weighted by Crippen LogP contribution is -2.28. The van der Waals surface area contributed by atoms with Crippen LogP contribution in [0.25, 0.3) is 11.2 Å². The third kappa shape index (κ3) is 4.14. The second kappa shape index (κ2) is 7.69. The molecule has 120 valence electrons. The van der Waals surface area contributed by atoms with Gasteiger partial charge in [0, 0.05) is 6.54 Å². The van der Waals surface area contributed by atoms with Gasteiger partial charge >= 0.3 is 5.97 Å². The molecule has 0 aromatic carbocycles. The number of hydrogen-bond acceptors (Lipinski definition) is 7. The van der Waals surface area contributed by atoms with E-state index in [0.29, 0.717) is 17.9 Å². The maximum Gasteiger partial charge on any atom is 0.322 e. The Balaban J connectivity index is 1.66. The second-order valence-corrected chi connectivity index (χ2v) is 5.24. The minimum absolute atomic E-state index is 0.345. The van der Waals surface area contributed by atoms with E-state index >= 15 is 0 Å². The number of ether oxygens (including phenoxy) is 1. The number of esters is 1. The summed E-state index contributed by atoms with van der Waals surface area (Å²) >= 11 is 0. The maximum absolute atomic E-state index is 11.2. The summed E-state index contributed by atoms with van der Waals surface area (Å²) in [4.78, 5) is 23.5. The zero-order valence-electron chi connectivity index (χ0n) is 12.7. The van der Waals surface area contributed by atoms with Crippen molar-refractivity contribution in [2.24, 2.45) is 5.73 Å². The highest BCUT2D eigenvalue weighted by atomic mass is 16.5. The smallest absolute Gasteiger partial charge is 0.322 e. The first-order chi connectivity index (χ1) is 10.6. The molecule has 4 N–H and O–H groups in total. The molecule has 0 bridgehead atoms. The molecule has 0 amide bonds. The number of nitrogens with two attached hydrogens (primary N) is 2. The molecule has 2 aromatic heterocycles. The molecule has 0 aliphatic heterocycles. The van der Waals surface area contributed by atoms with Crippen molar-refractivity contribution in [1.29, 1.82) is 0 Å². The van der Waals surface area contributed by atoms with Crippen LogP contribution in [0.5, 0.6) is 0 Å². The number of aryl methyl sites for hydroxylation is 1. The first-order valence-corrected chi connectivity index (χ1v) is 7.43. The lowest BCUT2D eigenvalue weighted by molar-refractivity contribution is -0.144. The SMILES string of the molecule is C[C@H](N)C(=O)OCCCCCCn1cnc2c(N)ncnc21. The van der Waals surface area contributed by atoms with Gasteiger partial charge in [0.2, 0.25) is 0 Å². The molecule has 2 aromatic rings. The van der Waals surface area contributed by atoms with Gasteiger partial charge in [-0.2, -0.15) is 0 Å². The van der Waals surface area contributed by atoms with Crippen molar-refractivity contribution >= 4 is 23.0 Å². The number of carbonyl (C=O) groups excluding carboxylic acids is 1. The number of carbonyl (C=O) groups is 1. The van der Waals surface area contributed by atoms with Gasteiger partial charge in [0.25, 0.3) is 0 Å². The standard InChI is InChI=1S/C14H22N6O2/c1-10(15)14(21)22-7-5-3-2-4-6-20-9-19-11-12(16)17-8-18-13(11)20/h8-10H,2-7,15H2,1H3,(H2,16,17,18)/t10-/m0/s1. The topological polar surface area (TPSA) is 122 Å². The molecule has 8 heteroatoms. The second-order valence-electron chi connectivity index (χ2n) is 5.24.